The van der Waals surface area contributed by atoms with Gasteiger partial charge in [-0.05, 0) is 43.3 Å². The minimum absolute atomic E-state index is 0.0273. The van der Waals surface area contributed by atoms with E-state index in [2.05, 4.69) is 10.2 Å². The summed E-state index contributed by atoms with van der Waals surface area (Å²) in [6, 6.07) is 21.7. The second-order valence-electron chi connectivity index (χ2n) is 7.73. The first kappa shape index (κ1) is 21.2. The van der Waals surface area contributed by atoms with Crippen LogP contribution in [0.15, 0.2) is 71.1 Å². The summed E-state index contributed by atoms with van der Waals surface area (Å²) in [4.78, 5) is 17.6. The number of hydrogen-bond donors (Lipinski definition) is 1. The summed E-state index contributed by atoms with van der Waals surface area (Å²) in [5, 5.41) is 3.14. The second-order valence-corrected chi connectivity index (χ2v) is 7.73. The van der Waals surface area contributed by atoms with Gasteiger partial charge in [0, 0.05) is 32.4 Å². The first-order valence-electron chi connectivity index (χ1n) is 10.7. The van der Waals surface area contributed by atoms with Crippen LogP contribution in [0.25, 0.3) is 0 Å². The van der Waals surface area contributed by atoms with E-state index < -0.39 is 0 Å². The summed E-state index contributed by atoms with van der Waals surface area (Å²) in [5.41, 5.74) is 2.54. The highest BCUT2D eigenvalue weighted by atomic mass is 16.5. The Morgan fingerprint density at radius 3 is 2.45 bits per heavy atom. The molecule has 2 aromatic carbocycles. The second kappa shape index (κ2) is 9.81. The number of benzene rings is 2. The third-order valence-electron chi connectivity index (χ3n) is 5.69. The molecule has 1 saturated heterocycles. The van der Waals surface area contributed by atoms with Crippen LogP contribution in [0, 0.1) is 6.92 Å². The molecule has 162 valence electrons. The number of para-hydroxylation sites is 2. The Hall–Kier alpha value is -3.09. The standard InChI is InChI=1S/C25H29N3O3/c1-19-12-13-24(31-19)23(28-14-16-30-17-15-28)18-26-25(29)21-10-6-7-11-22(21)27(2)20-8-4-3-5-9-20/h3-13,23H,14-18H2,1-2H3,(H,26,29). The summed E-state index contributed by atoms with van der Waals surface area (Å²) < 4.78 is 11.4. The molecule has 0 radical (unpaired) electrons. The predicted molar refractivity (Wildman–Crippen MR) is 122 cm³/mol. The van der Waals surface area contributed by atoms with Crippen LogP contribution >= 0.6 is 0 Å². The smallest absolute Gasteiger partial charge is 0.253 e. The van der Waals surface area contributed by atoms with Crippen LogP contribution in [-0.4, -0.2) is 50.7 Å². The van der Waals surface area contributed by atoms with Gasteiger partial charge in [0.15, 0.2) is 0 Å². The zero-order valence-electron chi connectivity index (χ0n) is 18.1. The third kappa shape index (κ3) is 4.98. The first-order valence-corrected chi connectivity index (χ1v) is 10.7. The Morgan fingerprint density at radius 2 is 1.74 bits per heavy atom. The minimum Gasteiger partial charge on any atom is -0.465 e. The van der Waals surface area contributed by atoms with Crippen molar-refractivity contribution in [3.05, 3.63) is 83.8 Å². The molecule has 1 amide bonds. The van der Waals surface area contributed by atoms with Crippen LogP contribution < -0.4 is 10.2 Å². The average Bonchev–Trinajstić information content (AvgIpc) is 3.25. The molecule has 3 aromatic rings. The molecule has 1 fully saturated rings. The van der Waals surface area contributed by atoms with Crippen molar-refractivity contribution >= 4 is 17.3 Å². The van der Waals surface area contributed by atoms with Gasteiger partial charge in [-0.3, -0.25) is 9.69 Å². The van der Waals surface area contributed by atoms with Crippen LogP contribution in [0.4, 0.5) is 11.4 Å². The number of aryl methyl sites for hydroxylation is 1. The molecule has 6 nitrogen and oxygen atoms in total. The van der Waals surface area contributed by atoms with Crippen molar-refractivity contribution in [2.24, 2.45) is 0 Å². The molecule has 0 saturated carbocycles. The van der Waals surface area contributed by atoms with Gasteiger partial charge in [-0.15, -0.1) is 0 Å². The molecule has 6 heteroatoms. The topological polar surface area (TPSA) is 58.0 Å². The van der Waals surface area contributed by atoms with Gasteiger partial charge >= 0.3 is 0 Å². The predicted octanol–water partition coefficient (Wildman–Crippen LogP) is 4.16. The molecule has 0 bridgehead atoms. The van der Waals surface area contributed by atoms with E-state index in [1.807, 2.05) is 85.6 Å². The zero-order chi connectivity index (χ0) is 21.6. The summed E-state index contributed by atoms with van der Waals surface area (Å²) in [6.07, 6.45) is 0. The van der Waals surface area contributed by atoms with Gasteiger partial charge in [0.25, 0.3) is 5.91 Å². The number of ether oxygens (including phenoxy) is 1. The lowest BCUT2D eigenvalue weighted by Gasteiger charge is -2.33. The fourth-order valence-electron chi connectivity index (χ4n) is 3.96. The Balaban J connectivity index is 1.52. The van der Waals surface area contributed by atoms with E-state index in [4.69, 9.17) is 9.15 Å². The fraction of sp³-hybridized carbons (Fsp3) is 0.320. The Morgan fingerprint density at radius 1 is 1.03 bits per heavy atom. The van der Waals surface area contributed by atoms with Gasteiger partial charge in [0.1, 0.15) is 11.5 Å². The molecular formula is C25H29N3O3. The first-order chi connectivity index (χ1) is 15.1. The molecule has 1 aliphatic heterocycles. The zero-order valence-corrected chi connectivity index (χ0v) is 18.1. The van der Waals surface area contributed by atoms with Gasteiger partial charge < -0.3 is 19.4 Å². The van der Waals surface area contributed by atoms with Crippen molar-refractivity contribution in [3.8, 4) is 0 Å². The van der Waals surface area contributed by atoms with Crippen molar-refractivity contribution in [3.63, 3.8) is 0 Å². The van der Waals surface area contributed by atoms with E-state index in [9.17, 15) is 4.79 Å². The van der Waals surface area contributed by atoms with Gasteiger partial charge in [-0.25, -0.2) is 0 Å². The van der Waals surface area contributed by atoms with Crippen molar-refractivity contribution in [2.45, 2.75) is 13.0 Å². The van der Waals surface area contributed by atoms with Gasteiger partial charge in [0.05, 0.1) is 30.5 Å². The molecule has 1 N–H and O–H groups in total. The quantitative estimate of drug-likeness (QED) is 0.623. The van der Waals surface area contributed by atoms with Crippen molar-refractivity contribution < 1.29 is 13.9 Å². The number of nitrogens with one attached hydrogen (secondary N) is 1. The highest BCUT2D eigenvalue weighted by molar-refractivity contribution is 6.00. The van der Waals surface area contributed by atoms with E-state index in [0.29, 0.717) is 25.3 Å². The molecular weight excluding hydrogens is 390 g/mol. The summed E-state index contributed by atoms with van der Waals surface area (Å²) >= 11 is 0. The lowest BCUT2D eigenvalue weighted by Crippen LogP contribution is -2.43. The molecule has 1 aliphatic rings. The Bertz CT molecular complexity index is 996. The maximum atomic E-state index is 13.2. The summed E-state index contributed by atoms with van der Waals surface area (Å²) in [6.45, 7) is 5.41. The normalized spacial score (nSPS) is 15.4. The number of carbonyl (C=O) groups is 1. The van der Waals surface area contributed by atoms with Gasteiger partial charge in [-0.1, -0.05) is 30.3 Å². The van der Waals surface area contributed by atoms with Crippen LogP contribution in [0.5, 0.6) is 0 Å². The Labute approximate surface area is 183 Å². The molecule has 0 aliphatic carbocycles. The molecule has 1 aromatic heterocycles. The minimum atomic E-state index is -0.0973. The van der Waals surface area contributed by atoms with E-state index >= 15 is 0 Å². The number of furan rings is 1. The largest absolute Gasteiger partial charge is 0.465 e. The third-order valence-corrected chi connectivity index (χ3v) is 5.69. The number of nitrogens with zero attached hydrogens (tertiary/aromatic N) is 2. The maximum absolute atomic E-state index is 13.2. The highest BCUT2D eigenvalue weighted by Gasteiger charge is 2.26. The van der Waals surface area contributed by atoms with E-state index in [-0.39, 0.29) is 11.9 Å². The van der Waals surface area contributed by atoms with Crippen LogP contribution in [-0.2, 0) is 4.74 Å². The lowest BCUT2D eigenvalue weighted by atomic mass is 10.1. The number of anilines is 2. The van der Waals surface area contributed by atoms with E-state index in [1.165, 1.54) is 0 Å². The van der Waals surface area contributed by atoms with Crippen LogP contribution in [0.1, 0.15) is 27.9 Å². The van der Waals surface area contributed by atoms with Crippen molar-refractivity contribution in [1.82, 2.24) is 10.2 Å². The SMILES string of the molecule is Cc1ccc(C(CNC(=O)c2ccccc2N(C)c2ccccc2)N2CCOCC2)o1. The molecule has 4 rings (SSSR count). The fourth-order valence-corrected chi connectivity index (χ4v) is 3.96. The lowest BCUT2D eigenvalue weighted by molar-refractivity contribution is 0.0117. The highest BCUT2D eigenvalue weighted by Crippen LogP contribution is 2.27. The maximum Gasteiger partial charge on any atom is 0.253 e. The number of carbonyl (C=O) groups excluding carboxylic acids is 1. The number of hydrogen-bond acceptors (Lipinski definition) is 5. The van der Waals surface area contributed by atoms with E-state index in [0.717, 1.165) is 36.0 Å². The van der Waals surface area contributed by atoms with Crippen LogP contribution in [0.2, 0.25) is 0 Å². The van der Waals surface area contributed by atoms with E-state index in [1.54, 1.807) is 0 Å². The summed E-state index contributed by atoms with van der Waals surface area (Å²) in [5.74, 6) is 1.64. The molecule has 1 unspecified atom stereocenters. The monoisotopic (exact) mass is 419 g/mol. The molecule has 0 spiro atoms. The molecule has 1 atom stereocenters. The Kier molecular flexibility index (Phi) is 6.70. The number of rotatable bonds is 7. The molecule has 2 heterocycles. The summed E-state index contributed by atoms with van der Waals surface area (Å²) in [7, 11) is 1.98. The van der Waals surface area contributed by atoms with Gasteiger partial charge in [-0.2, -0.15) is 0 Å². The van der Waals surface area contributed by atoms with Crippen molar-refractivity contribution in [1.29, 1.82) is 0 Å². The number of morpholine rings is 1. The van der Waals surface area contributed by atoms with Crippen molar-refractivity contribution in [2.75, 3.05) is 44.8 Å². The van der Waals surface area contributed by atoms with Gasteiger partial charge in [0.2, 0.25) is 0 Å². The van der Waals surface area contributed by atoms with Crippen LogP contribution in [0.3, 0.4) is 0 Å². The average molecular weight is 420 g/mol. The molecule has 31 heavy (non-hydrogen) atoms. The number of amides is 1.